The molecule has 3 nitrogen and oxygen atoms in total. The van der Waals surface area contributed by atoms with Gasteiger partial charge in [0.2, 0.25) is 0 Å². The van der Waals surface area contributed by atoms with Crippen LogP contribution in [0.3, 0.4) is 0 Å². The van der Waals surface area contributed by atoms with E-state index in [0.717, 1.165) is 17.4 Å². The van der Waals surface area contributed by atoms with Crippen molar-refractivity contribution in [2.24, 2.45) is 0 Å². The van der Waals surface area contributed by atoms with E-state index in [9.17, 15) is 4.79 Å². The molecule has 0 aliphatic carbocycles. The minimum Gasteiger partial charge on any atom is -0.360 e. The van der Waals surface area contributed by atoms with E-state index >= 15 is 0 Å². The Balaban J connectivity index is 2.00. The molecule has 0 fully saturated rings. The Morgan fingerprint density at radius 2 is 1.63 bits per heavy atom. The summed E-state index contributed by atoms with van der Waals surface area (Å²) in [7, 11) is 0. The topological polar surface area (TPSA) is 53.0 Å². The molecule has 0 spiro atoms. The van der Waals surface area contributed by atoms with Crippen molar-refractivity contribution in [2.45, 2.75) is 12.5 Å². The summed E-state index contributed by atoms with van der Waals surface area (Å²) in [6.45, 7) is 0. The van der Waals surface area contributed by atoms with Crippen LogP contribution in [0, 0.1) is 5.41 Å². The molecule has 0 amide bonds. The zero-order valence-corrected chi connectivity index (χ0v) is 10.5. The van der Waals surface area contributed by atoms with Gasteiger partial charge in [-0.2, -0.15) is 0 Å². The Labute approximate surface area is 112 Å². The van der Waals surface area contributed by atoms with Gasteiger partial charge < -0.3 is 10.1 Å². The third-order valence-electron chi connectivity index (χ3n) is 2.85. The first kappa shape index (κ1) is 13.0. The van der Waals surface area contributed by atoms with E-state index in [0.29, 0.717) is 6.42 Å². The monoisotopic (exact) mass is 252 g/mol. The van der Waals surface area contributed by atoms with Crippen LogP contribution in [0.2, 0.25) is 0 Å². The van der Waals surface area contributed by atoms with Gasteiger partial charge in [0.15, 0.2) is 0 Å². The van der Waals surface area contributed by atoms with Crippen LogP contribution >= 0.6 is 0 Å². The van der Waals surface area contributed by atoms with Crippen molar-refractivity contribution in [1.82, 2.24) is 5.32 Å². The number of benzene rings is 2. The smallest absolute Gasteiger partial charge is 0.142 e. The fraction of sp³-hybridized carbons (Fsp3) is 0.125. The van der Waals surface area contributed by atoms with Gasteiger partial charge in [0.25, 0.3) is 0 Å². The maximum absolute atomic E-state index is 11.1. The van der Waals surface area contributed by atoms with Gasteiger partial charge in [0.05, 0.1) is 6.04 Å². The van der Waals surface area contributed by atoms with Crippen LogP contribution in [-0.4, -0.2) is 18.2 Å². The van der Waals surface area contributed by atoms with Crippen LogP contribution in [0.15, 0.2) is 60.7 Å². The molecule has 0 aliphatic heterocycles. The average molecular weight is 252 g/mol. The summed E-state index contributed by atoms with van der Waals surface area (Å²) in [6.07, 6.45) is 1.43. The van der Waals surface area contributed by atoms with Gasteiger partial charge in [-0.25, -0.2) is 0 Å². The van der Waals surface area contributed by atoms with Crippen LogP contribution in [-0.2, 0) is 11.2 Å². The largest absolute Gasteiger partial charge is 0.360 e. The van der Waals surface area contributed by atoms with Gasteiger partial charge in [-0.05, 0) is 12.0 Å². The molecule has 96 valence electrons. The molecule has 0 unspecified atom stereocenters. The number of carbonyl (C=O) groups excluding carboxylic acids is 1. The summed E-state index contributed by atoms with van der Waals surface area (Å²) in [5, 5.41) is 10.9. The van der Waals surface area contributed by atoms with Gasteiger partial charge in [-0.3, -0.25) is 5.41 Å². The lowest BCUT2D eigenvalue weighted by Crippen LogP contribution is -2.37. The first-order chi connectivity index (χ1) is 9.29. The maximum atomic E-state index is 11.1. The van der Waals surface area contributed by atoms with Gasteiger partial charge in [0.1, 0.15) is 12.1 Å². The van der Waals surface area contributed by atoms with Gasteiger partial charge >= 0.3 is 0 Å². The minimum atomic E-state index is -0.380. The summed E-state index contributed by atoms with van der Waals surface area (Å²) in [4.78, 5) is 11.1. The van der Waals surface area contributed by atoms with E-state index in [-0.39, 0.29) is 11.9 Å². The highest BCUT2D eigenvalue weighted by Gasteiger charge is 2.10. The van der Waals surface area contributed by atoms with Crippen LogP contribution in [0.1, 0.15) is 11.1 Å². The number of carbonyl (C=O) groups is 1. The SMILES string of the molecule is N=C(N[C@H](C=O)Cc1ccccc1)c1ccccc1. The lowest BCUT2D eigenvalue weighted by atomic mass is 10.1. The van der Waals surface area contributed by atoms with Crippen molar-refractivity contribution in [1.29, 1.82) is 5.41 Å². The maximum Gasteiger partial charge on any atom is 0.142 e. The van der Waals surface area contributed by atoms with E-state index < -0.39 is 0 Å². The zero-order chi connectivity index (χ0) is 13.5. The highest BCUT2D eigenvalue weighted by Crippen LogP contribution is 2.04. The summed E-state index contributed by atoms with van der Waals surface area (Å²) >= 11 is 0. The first-order valence-electron chi connectivity index (χ1n) is 6.19. The van der Waals surface area contributed by atoms with Crippen molar-refractivity contribution >= 4 is 12.1 Å². The molecule has 2 aromatic carbocycles. The molecule has 0 aromatic heterocycles. The quantitative estimate of drug-likeness (QED) is 0.488. The third kappa shape index (κ3) is 3.78. The number of hydrogen-bond donors (Lipinski definition) is 2. The molecule has 19 heavy (non-hydrogen) atoms. The van der Waals surface area contributed by atoms with Gasteiger partial charge in [-0.15, -0.1) is 0 Å². The Bertz CT molecular complexity index is 537. The Kier molecular flexibility index (Phi) is 4.45. The second-order valence-corrected chi connectivity index (χ2v) is 4.32. The zero-order valence-electron chi connectivity index (χ0n) is 10.5. The van der Waals surface area contributed by atoms with Crippen molar-refractivity contribution in [3.8, 4) is 0 Å². The second kappa shape index (κ2) is 6.50. The lowest BCUT2D eigenvalue weighted by Gasteiger charge is -2.15. The van der Waals surface area contributed by atoms with Gasteiger partial charge in [-0.1, -0.05) is 60.7 Å². The predicted octanol–water partition coefficient (Wildman–Crippen LogP) is 2.41. The van der Waals surface area contributed by atoms with Crippen LogP contribution in [0.4, 0.5) is 0 Å². The summed E-state index contributed by atoms with van der Waals surface area (Å²) in [5.74, 6) is 0.272. The third-order valence-corrected chi connectivity index (χ3v) is 2.85. The Morgan fingerprint density at radius 1 is 1.05 bits per heavy atom. The molecule has 2 aromatic rings. The predicted molar refractivity (Wildman–Crippen MR) is 76.4 cm³/mol. The highest BCUT2D eigenvalue weighted by molar-refractivity contribution is 5.97. The number of nitrogens with one attached hydrogen (secondary N) is 2. The fourth-order valence-electron chi connectivity index (χ4n) is 1.87. The van der Waals surface area contributed by atoms with Crippen molar-refractivity contribution in [3.63, 3.8) is 0 Å². The number of rotatable bonds is 5. The molecule has 1 atom stereocenters. The molecular weight excluding hydrogens is 236 g/mol. The second-order valence-electron chi connectivity index (χ2n) is 4.32. The molecule has 2 N–H and O–H groups in total. The lowest BCUT2D eigenvalue weighted by molar-refractivity contribution is -0.109. The molecule has 0 aliphatic rings. The van der Waals surface area contributed by atoms with Crippen LogP contribution in [0.5, 0.6) is 0 Å². The Hall–Kier alpha value is -2.42. The average Bonchev–Trinajstić information content (AvgIpc) is 2.48. The van der Waals surface area contributed by atoms with Gasteiger partial charge in [0, 0.05) is 5.56 Å². The molecule has 0 saturated carbocycles. The number of hydrogen-bond acceptors (Lipinski definition) is 2. The standard InChI is InChI=1S/C16H16N2O/c17-16(14-9-5-2-6-10-14)18-15(12-19)11-13-7-3-1-4-8-13/h1-10,12,15H,11H2,(H2,17,18)/t15-/m0/s1. The normalized spacial score (nSPS) is 11.6. The number of amidine groups is 1. The number of aldehydes is 1. The molecular formula is C16H16N2O. The van der Waals surface area contributed by atoms with Crippen molar-refractivity contribution in [3.05, 3.63) is 71.8 Å². The molecule has 0 saturated heterocycles. The van der Waals surface area contributed by atoms with Crippen LogP contribution in [0.25, 0.3) is 0 Å². The summed E-state index contributed by atoms with van der Waals surface area (Å²) < 4.78 is 0. The summed E-state index contributed by atoms with van der Waals surface area (Å²) in [6, 6.07) is 18.7. The van der Waals surface area contributed by atoms with Crippen LogP contribution < -0.4 is 5.32 Å². The summed E-state index contributed by atoms with van der Waals surface area (Å²) in [5.41, 5.74) is 1.86. The molecule has 3 heteroatoms. The van der Waals surface area contributed by atoms with E-state index in [1.54, 1.807) is 0 Å². The van der Waals surface area contributed by atoms with E-state index in [1.165, 1.54) is 0 Å². The van der Waals surface area contributed by atoms with Crippen molar-refractivity contribution < 1.29 is 4.79 Å². The molecule has 0 bridgehead atoms. The first-order valence-corrected chi connectivity index (χ1v) is 6.19. The van der Waals surface area contributed by atoms with Crippen molar-refractivity contribution in [2.75, 3.05) is 0 Å². The minimum absolute atomic E-state index is 0.272. The fourth-order valence-corrected chi connectivity index (χ4v) is 1.87. The molecule has 0 radical (unpaired) electrons. The molecule has 0 heterocycles. The highest BCUT2D eigenvalue weighted by atomic mass is 16.1. The van der Waals surface area contributed by atoms with E-state index in [1.807, 2.05) is 60.7 Å². The van der Waals surface area contributed by atoms with E-state index in [4.69, 9.17) is 5.41 Å². The molecule has 2 rings (SSSR count). The Morgan fingerprint density at radius 3 is 2.21 bits per heavy atom. The van der Waals surface area contributed by atoms with E-state index in [2.05, 4.69) is 5.32 Å².